The molecular formula is C38H62N12O10S4. The van der Waals surface area contributed by atoms with Crippen molar-refractivity contribution in [3.8, 4) is 0 Å². The lowest BCUT2D eigenvalue weighted by Crippen LogP contribution is -2.56. The zero-order valence-corrected chi connectivity index (χ0v) is 41.7. The highest BCUT2D eigenvalue weighted by Gasteiger charge is 2.31. The van der Waals surface area contributed by atoms with Crippen LogP contribution >= 0.6 is 46.0 Å². The number of imidazole rings is 4. The van der Waals surface area contributed by atoms with E-state index in [0.29, 0.717) is 48.1 Å². The molecule has 4 aromatic heterocycles. The molecule has 26 heteroatoms. The number of carbonyl (C=O) groups is 5. The fraction of sp³-hybridized carbons (Fsp3) is 0.553. The first-order chi connectivity index (χ1) is 28.8. The summed E-state index contributed by atoms with van der Waals surface area (Å²) >= 11 is 5.12. The monoisotopic (exact) mass is 974 g/mol. The van der Waals surface area contributed by atoms with E-state index in [1.807, 2.05) is 21.1 Å². The Morgan fingerprint density at radius 3 is 1.00 bits per heavy atom. The van der Waals surface area contributed by atoms with Crippen LogP contribution in [0, 0.1) is 0 Å². The second kappa shape index (κ2) is 24.2. The first-order valence-electron chi connectivity index (χ1n) is 19.2. The molecule has 4 aromatic rings. The number of carboxylic acids is 4. The number of carboxylic acid groups (broad SMARTS) is 4. The van der Waals surface area contributed by atoms with E-state index in [1.54, 1.807) is 63.4 Å². The molecule has 0 spiro atoms. The third-order valence-corrected chi connectivity index (χ3v) is 13.1. The van der Waals surface area contributed by atoms with Crippen molar-refractivity contribution in [2.75, 3.05) is 84.6 Å². The van der Waals surface area contributed by atoms with Crippen molar-refractivity contribution in [2.24, 2.45) is 0 Å². The molecule has 0 bridgehead atoms. The van der Waals surface area contributed by atoms with Crippen molar-refractivity contribution >= 4 is 75.0 Å². The number of aromatic nitrogens is 8. The molecule has 0 aliphatic heterocycles. The maximum Gasteiger partial charge on any atom is 0.192 e. The van der Waals surface area contributed by atoms with E-state index in [0.717, 1.165) is 17.5 Å². The molecule has 0 fully saturated rings. The fourth-order valence-electron chi connectivity index (χ4n) is 5.74. The van der Waals surface area contributed by atoms with Gasteiger partial charge in [-0.15, -0.1) is 12.6 Å². The minimum atomic E-state index is -1.12. The van der Waals surface area contributed by atoms with Gasteiger partial charge in [-0.2, -0.15) is 0 Å². The molecule has 0 aliphatic carbocycles. The van der Waals surface area contributed by atoms with E-state index >= 15 is 0 Å². The van der Waals surface area contributed by atoms with Gasteiger partial charge >= 0.3 is 0 Å². The predicted octanol–water partition coefficient (Wildman–Crippen LogP) is -3.68. The number of carbonyl (C=O) groups excluding carboxylic acids is 5. The highest BCUT2D eigenvalue weighted by atomic mass is 33.1. The summed E-state index contributed by atoms with van der Waals surface area (Å²) in [6.45, 7) is 1.44. The molecule has 4 heterocycles. The van der Waals surface area contributed by atoms with Gasteiger partial charge in [0.1, 0.15) is 44.3 Å². The fourth-order valence-corrected chi connectivity index (χ4v) is 8.77. The van der Waals surface area contributed by atoms with Crippen molar-refractivity contribution in [3.05, 3.63) is 48.1 Å². The number of aliphatic carboxylic acids is 4. The van der Waals surface area contributed by atoms with Crippen molar-refractivity contribution in [1.82, 2.24) is 39.9 Å². The molecule has 0 aromatic carbocycles. The number of H-pyrrole nitrogens is 4. The van der Waals surface area contributed by atoms with Crippen molar-refractivity contribution in [1.29, 1.82) is 0 Å². The smallest absolute Gasteiger partial charge is 0.192 e. The van der Waals surface area contributed by atoms with E-state index in [2.05, 4.69) is 52.5 Å². The maximum absolute atomic E-state index is 11.6. The summed E-state index contributed by atoms with van der Waals surface area (Å²) in [5, 5.41) is 47.6. The van der Waals surface area contributed by atoms with Gasteiger partial charge in [-0.05, 0) is 33.3 Å². The van der Waals surface area contributed by atoms with Crippen molar-refractivity contribution < 1.29 is 67.8 Å². The average Bonchev–Trinajstić information content (AvgIpc) is 3.93. The normalized spacial score (nSPS) is 13.8. The molecule has 0 radical (unpaired) electrons. The van der Waals surface area contributed by atoms with Gasteiger partial charge in [0.25, 0.3) is 0 Å². The number of hydrogen-bond donors (Lipinski definition) is 5. The molecule has 0 unspecified atom stereocenters. The van der Waals surface area contributed by atoms with Gasteiger partial charge in [0.2, 0.25) is 0 Å². The number of thiol groups is 1. The lowest BCUT2D eigenvalue weighted by molar-refractivity contribution is -0.889. The molecule has 4 atom stereocenters. The minimum Gasteiger partial charge on any atom is -0.544 e. The summed E-state index contributed by atoms with van der Waals surface area (Å²) in [4.78, 5) is 84.6. The average molecular weight is 975 g/mol. The Kier molecular flexibility index (Phi) is 21.8. The van der Waals surface area contributed by atoms with Gasteiger partial charge in [0, 0.05) is 32.6 Å². The molecule has 0 aliphatic rings. The number of aromatic amines is 4. The largest absolute Gasteiger partial charge is 0.544 e. The minimum absolute atomic E-state index is 0. The number of nitrogens with zero attached hydrogens (tertiary/aromatic N) is 8. The maximum atomic E-state index is 11.6. The van der Waals surface area contributed by atoms with Crippen LogP contribution in [0.15, 0.2) is 45.4 Å². The van der Waals surface area contributed by atoms with Crippen LogP contribution in [0.5, 0.6) is 0 Å². The third-order valence-electron chi connectivity index (χ3n) is 9.59. The van der Waals surface area contributed by atoms with Gasteiger partial charge in [0.15, 0.2) is 5.12 Å². The predicted molar refractivity (Wildman–Crippen MR) is 236 cm³/mol. The second-order valence-electron chi connectivity index (χ2n) is 18.1. The van der Waals surface area contributed by atoms with E-state index in [-0.39, 0.29) is 43.3 Å². The quantitative estimate of drug-likeness (QED) is 0.0247. The molecule has 6 N–H and O–H groups in total. The highest BCUT2D eigenvalue weighted by molar-refractivity contribution is 8.76. The number of nitrogens with one attached hydrogen (secondary N) is 4. The van der Waals surface area contributed by atoms with E-state index in [4.69, 9.17) is 0 Å². The lowest BCUT2D eigenvalue weighted by Gasteiger charge is -2.34. The van der Waals surface area contributed by atoms with Crippen molar-refractivity contribution in [2.45, 2.75) is 76.9 Å². The number of thioether (sulfide) groups is 1. The Balaban J connectivity index is 0.000000515. The third kappa shape index (κ3) is 18.2. The van der Waals surface area contributed by atoms with Gasteiger partial charge < -0.3 is 82.9 Å². The van der Waals surface area contributed by atoms with E-state index in [9.17, 15) is 44.4 Å². The van der Waals surface area contributed by atoms with Crippen LogP contribution in [0.4, 0.5) is 0 Å². The molecule has 22 nitrogen and oxygen atoms in total. The van der Waals surface area contributed by atoms with Crippen LogP contribution in [0.25, 0.3) is 0 Å². The first-order valence-corrected chi connectivity index (χ1v) is 22.6. The SMILES string of the molecule is CC(=O)Sc1nc[nH]c1C[C@@H](C(=O)[O-])[N+](C)(C)C.C[N+](C)(C)[C@@H](Cc1[nH]cnc1S)C(=O)[O-].C[N+](C)(C)[C@@H](Cc1[nH]cnc1SSc1nc[nH]c1C[C@@H](C(=O)[O-])[N+](C)(C)C)C(=O)[O-].O. The molecule has 64 heavy (non-hydrogen) atoms. The Bertz CT molecular complexity index is 2070. The van der Waals surface area contributed by atoms with Gasteiger partial charge in [-0.1, -0.05) is 0 Å². The van der Waals surface area contributed by atoms with Crippen LogP contribution in [0.1, 0.15) is 29.7 Å². The zero-order valence-electron chi connectivity index (χ0n) is 38.4. The lowest BCUT2D eigenvalue weighted by atomic mass is 10.1. The molecule has 0 saturated carbocycles. The topological polar surface area (TPSA) is 324 Å². The molecule has 4 rings (SSSR count). The standard InChI is InChI=1S/C18H28N6O4S2.C11H17N3O3S.C9H15N3O2S.H2O/c1-23(2,3)13(17(25)26)7-11-15(21-9-19-11)29-30-16-12(20-10-22-16)8-14(18(27)28)24(4,5)6;1-7(15)18-10-8(12-6-13-10)5-9(11(16)17)14(2,3)4;1-12(2,3)7(9(13)14)4-6-8(15)11-5-10-6;/h9-10,13-14H,7-8H2,1-6H3,(H2-2,19,20,21,22,25,26,27,28);6,9H,5H2,1-4H3,(H-,12,13,16,17);5,7H,4H2,1-3H3,(H2-,10,11,13,14,15);1H2/t13-,14-;9-;7-;/m000./s1. The number of rotatable bonds is 20. The number of quaternary nitrogens is 4. The summed E-state index contributed by atoms with van der Waals surface area (Å²) in [5.41, 5.74) is 2.77. The molecule has 0 saturated heterocycles. The summed E-state index contributed by atoms with van der Waals surface area (Å²) in [6, 6.07) is -2.78. The van der Waals surface area contributed by atoms with E-state index in [1.165, 1.54) is 53.8 Å². The van der Waals surface area contributed by atoms with Crippen LogP contribution in [0.2, 0.25) is 0 Å². The molecular weight excluding hydrogens is 913 g/mol. The summed E-state index contributed by atoms with van der Waals surface area (Å²) in [5.74, 6) is -4.42. The van der Waals surface area contributed by atoms with Crippen molar-refractivity contribution in [3.63, 3.8) is 0 Å². The summed E-state index contributed by atoms with van der Waals surface area (Å²) in [7, 11) is 24.3. The highest BCUT2D eigenvalue weighted by Crippen LogP contribution is 2.39. The first kappa shape index (κ1) is 57.6. The van der Waals surface area contributed by atoms with Gasteiger partial charge in [0.05, 0.1) is 157 Å². The Morgan fingerprint density at radius 1 is 0.500 bits per heavy atom. The summed E-state index contributed by atoms with van der Waals surface area (Å²) < 4.78 is 0.982. The zero-order chi connectivity index (χ0) is 48.2. The Labute approximate surface area is 390 Å². The second-order valence-corrected chi connectivity index (χ2v) is 21.8. The van der Waals surface area contributed by atoms with E-state index < -0.39 is 48.0 Å². The molecule has 0 amide bonds. The van der Waals surface area contributed by atoms with Gasteiger partial charge in [-0.3, -0.25) is 4.79 Å². The summed E-state index contributed by atoms with van der Waals surface area (Å²) in [6.07, 6.45) is 7.09. The van der Waals surface area contributed by atoms with Gasteiger partial charge in [-0.25, -0.2) is 19.9 Å². The number of likely N-dealkylation sites (N-methyl/N-ethyl adjacent to an activating group) is 4. The number of hydrogen-bond acceptors (Lipinski definition) is 17. The van der Waals surface area contributed by atoms with Crippen LogP contribution in [-0.2, 0) is 49.7 Å². The van der Waals surface area contributed by atoms with Crippen LogP contribution in [-0.4, -0.2) is 201 Å². The molecule has 358 valence electrons. The Morgan fingerprint density at radius 2 is 0.750 bits per heavy atom. The Hall–Kier alpha value is -4.41. The van der Waals surface area contributed by atoms with Crippen LogP contribution in [0.3, 0.4) is 0 Å². The van der Waals surface area contributed by atoms with Crippen LogP contribution < -0.4 is 20.4 Å².